The van der Waals surface area contributed by atoms with Crippen LogP contribution < -0.4 is 11.3 Å². The van der Waals surface area contributed by atoms with Gasteiger partial charge in [-0.3, -0.25) is 9.59 Å². The minimum Gasteiger partial charge on any atom is -0.399 e. The maximum atomic E-state index is 13.4. The molecule has 0 atom stereocenters. The number of hydrogen-bond donors (Lipinski definition) is 1. The van der Waals surface area contributed by atoms with Gasteiger partial charge in [-0.2, -0.15) is 0 Å². The zero-order chi connectivity index (χ0) is 16.7. The summed E-state index contributed by atoms with van der Waals surface area (Å²) in [6, 6.07) is 9.23. The topological polar surface area (TPSA) is 65.1 Å². The van der Waals surface area contributed by atoms with Gasteiger partial charge in [0.15, 0.2) is 11.6 Å². The minimum absolute atomic E-state index is 0.125. The number of pyridine rings is 1. The van der Waals surface area contributed by atoms with Crippen molar-refractivity contribution in [1.82, 2.24) is 4.57 Å². The van der Waals surface area contributed by atoms with Gasteiger partial charge in [-0.25, -0.2) is 13.3 Å². The Labute approximate surface area is 129 Å². The highest BCUT2D eigenvalue weighted by molar-refractivity contribution is 6.02. The number of nitrogen functional groups attached to an aromatic ring is 1. The van der Waals surface area contributed by atoms with E-state index in [1.165, 1.54) is 6.07 Å². The molecule has 4 nitrogen and oxygen atoms in total. The monoisotopic (exact) mass is 314 g/mol. The molecule has 0 fully saturated rings. The molecule has 2 aromatic carbocycles. The van der Waals surface area contributed by atoms with Crippen LogP contribution in [0.1, 0.15) is 15.9 Å². The molecule has 3 aromatic rings. The summed E-state index contributed by atoms with van der Waals surface area (Å²) in [5, 5.41) is 0.646. The van der Waals surface area contributed by atoms with Crippen molar-refractivity contribution < 1.29 is 13.6 Å². The first kappa shape index (κ1) is 14.9. The number of nitrogens with two attached hydrogens (primary N) is 1. The van der Waals surface area contributed by atoms with E-state index < -0.39 is 23.1 Å². The molecule has 0 aliphatic carbocycles. The SMILES string of the molecule is Cc1cc2ccc(N)cc2n(C(=O)c2ccc(F)c(F)c2)c1=O. The number of hydrogen-bond acceptors (Lipinski definition) is 3. The lowest BCUT2D eigenvalue weighted by atomic mass is 10.1. The Bertz CT molecular complexity index is 1010. The summed E-state index contributed by atoms with van der Waals surface area (Å²) < 4.78 is 27.3. The van der Waals surface area contributed by atoms with Crippen LogP contribution in [-0.2, 0) is 0 Å². The number of aryl methyl sites for hydroxylation is 1. The third-order valence-corrected chi connectivity index (χ3v) is 3.58. The Kier molecular flexibility index (Phi) is 3.44. The smallest absolute Gasteiger partial charge is 0.265 e. The van der Waals surface area contributed by atoms with Crippen LogP contribution in [-0.4, -0.2) is 10.5 Å². The van der Waals surface area contributed by atoms with Gasteiger partial charge in [-0.15, -0.1) is 0 Å². The Balaban J connectivity index is 2.31. The van der Waals surface area contributed by atoms with Gasteiger partial charge < -0.3 is 5.73 Å². The van der Waals surface area contributed by atoms with E-state index in [2.05, 4.69) is 0 Å². The first-order valence-electron chi connectivity index (χ1n) is 6.80. The number of fused-ring (bicyclic) bond motifs is 1. The molecule has 116 valence electrons. The van der Waals surface area contributed by atoms with E-state index in [9.17, 15) is 18.4 Å². The third-order valence-electron chi connectivity index (χ3n) is 3.58. The summed E-state index contributed by atoms with van der Waals surface area (Å²) in [6.45, 7) is 1.58. The van der Waals surface area contributed by atoms with E-state index in [-0.39, 0.29) is 5.56 Å². The van der Waals surface area contributed by atoms with E-state index in [1.54, 1.807) is 25.1 Å². The number of aromatic nitrogens is 1. The van der Waals surface area contributed by atoms with Gasteiger partial charge in [0.05, 0.1) is 5.52 Å². The van der Waals surface area contributed by atoms with E-state index in [1.807, 2.05) is 0 Å². The molecule has 0 bridgehead atoms. The molecular formula is C17H12F2N2O2. The van der Waals surface area contributed by atoms with Gasteiger partial charge in [-0.1, -0.05) is 6.07 Å². The molecule has 0 saturated carbocycles. The highest BCUT2D eigenvalue weighted by Gasteiger charge is 2.17. The number of nitrogens with zero attached hydrogens (tertiary/aromatic N) is 1. The predicted octanol–water partition coefficient (Wildman–Crippen LogP) is 2.86. The van der Waals surface area contributed by atoms with Crippen LogP contribution in [0.15, 0.2) is 47.3 Å². The van der Waals surface area contributed by atoms with Gasteiger partial charge >= 0.3 is 0 Å². The summed E-state index contributed by atoms with van der Waals surface area (Å²) in [6.07, 6.45) is 0. The van der Waals surface area contributed by atoms with Crippen LogP contribution >= 0.6 is 0 Å². The van der Waals surface area contributed by atoms with E-state index in [0.717, 1.165) is 22.8 Å². The van der Waals surface area contributed by atoms with Crippen molar-refractivity contribution in [3.05, 3.63) is 75.6 Å². The van der Waals surface area contributed by atoms with Gasteiger partial charge in [-0.05, 0) is 48.7 Å². The van der Waals surface area contributed by atoms with Crippen LogP contribution in [0, 0.1) is 18.6 Å². The van der Waals surface area contributed by atoms with E-state index >= 15 is 0 Å². The highest BCUT2D eigenvalue weighted by Crippen LogP contribution is 2.19. The number of carbonyl (C=O) groups excluding carboxylic acids is 1. The van der Waals surface area contributed by atoms with Gasteiger partial charge in [0, 0.05) is 16.8 Å². The number of halogens is 2. The summed E-state index contributed by atoms with van der Waals surface area (Å²) in [4.78, 5) is 25.0. The number of anilines is 1. The van der Waals surface area contributed by atoms with Crippen LogP contribution in [0.25, 0.3) is 10.9 Å². The molecule has 3 rings (SSSR count). The first-order valence-corrected chi connectivity index (χ1v) is 6.80. The second-order valence-electron chi connectivity index (χ2n) is 5.22. The van der Waals surface area contributed by atoms with Crippen molar-refractivity contribution in [3.8, 4) is 0 Å². The van der Waals surface area contributed by atoms with Crippen LogP contribution in [0.5, 0.6) is 0 Å². The lowest BCUT2D eigenvalue weighted by Crippen LogP contribution is -2.29. The summed E-state index contributed by atoms with van der Waals surface area (Å²) in [5.41, 5.74) is 6.13. The number of carbonyl (C=O) groups is 1. The third kappa shape index (κ3) is 2.48. The lowest BCUT2D eigenvalue weighted by Gasteiger charge is -2.11. The molecule has 1 aromatic heterocycles. The fraction of sp³-hybridized carbons (Fsp3) is 0.0588. The second-order valence-corrected chi connectivity index (χ2v) is 5.22. The van der Waals surface area contributed by atoms with Crippen molar-refractivity contribution in [2.75, 3.05) is 5.73 Å². The molecule has 0 aliphatic heterocycles. The molecule has 6 heteroatoms. The van der Waals surface area contributed by atoms with E-state index in [0.29, 0.717) is 22.2 Å². The highest BCUT2D eigenvalue weighted by atomic mass is 19.2. The Morgan fingerprint density at radius 3 is 2.48 bits per heavy atom. The molecule has 0 amide bonds. The number of benzene rings is 2. The molecule has 0 unspecified atom stereocenters. The number of rotatable bonds is 1. The molecule has 0 saturated heterocycles. The molecular weight excluding hydrogens is 302 g/mol. The average molecular weight is 314 g/mol. The van der Waals surface area contributed by atoms with Crippen LogP contribution in [0.3, 0.4) is 0 Å². The molecule has 23 heavy (non-hydrogen) atoms. The Hall–Kier alpha value is -3.02. The summed E-state index contributed by atoms with van der Waals surface area (Å²) in [5.74, 6) is -2.96. The largest absolute Gasteiger partial charge is 0.399 e. The van der Waals surface area contributed by atoms with Crippen molar-refractivity contribution in [2.45, 2.75) is 6.92 Å². The van der Waals surface area contributed by atoms with Crippen molar-refractivity contribution in [2.24, 2.45) is 0 Å². The minimum atomic E-state index is -1.15. The zero-order valence-corrected chi connectivity index (χ0v) is 12.1. The lowest BCUT2D eigenvalue weighted by molar-refractivity contribution is 0.0960. The predicted molar refractivity (Wildman–Crippen MR) is 83.4 cm³/mol. The molecule has 1 heterocycles. The first-order chi connectivity index (χ1) is 10.9. The van der Waals surface area contributed by atoms with Gasteiger partial charge in [0.2, 0.25) is 0 Å². The molecule has 0 aliphatic rings. The fourth-order valence-corrected chi connectivity index (χ4v) is 2.42. The maximum absolute atomic E-state index is 13.4. The normalized spacial score (nSPS) is 10.9. The molecule has 0 radical (unpaired) electrons. The second kappa shape index (κ2) is 5.31. The van der Waals surface area contributed by atoms with Crippen molar-refractivity contribution in [3.63, 3.8) is 0 Å². The summed E-state index contributed by atoms with van der Waals surface area (Å²) in [7, 11) is 0. The standard InChI is InChI=1S/C17H12F2N2O2/c1-9-6-10-2-4-12(20)8-15(10)21(16(9)22)17(23)11-3-5-13(18)14(19)7-11/h2-8H,20H2,1H3. The molecule has 2 N–H and O–H groups in total. The van der Waals surface area contributed by atoms with Gasteiger partial charge in [0.25, 0.3) is 11.5 Å². The van der Waals surface area contributed by atoms with Crippen molar-refractivity contribution in [1.29, 1.82) is 0 Å². The van der Waals surface area contributed by atoms with Crippen molar-refractivity contribution >= 4 is 22.5 Å². The zero-order valence-electron chi connectivity index (χ0n) is 12.1. The van der Waals surface area contributed by atoms with Crippen LogP contribution in [0.2, 0.25) is 0 Å². The average Bonchev–Trinajstić information content (AvgIpc) is 2.51. The Morgan fingerprint density at radius 1 is 1.04 bits per heavy atom. The quantitative estimate of drug-likeness (QED) is 0.702. The summed E-state index contributed by atoms with van der Waals surface area (Å²) >= 11 is 0. The van der Waals surface area contributed by atoms with Gasteiger partial charge in [0.1, 0.15) is 0 Å². The maximum Gasteiger partial charge on any atom is 0.265 e. The molecule has 0 spiro atoms. The van der Waals surface area contributed by atoms with E-state index in [4.69, 9.17) is 5.73 Å². The fourth-order valence-electron chi connectivity index (χ4n) is 2.42. The Morgan fingerprint density at radius 2 is 1.78 bits per heavy atom. The van der Waals surface area contributed by atoms with Crippen LogP contribution in [0.4, 0.5) is 14.5 Å².